The molecule has 52 heavy (non-hydrogen) atoms. The van der Waals surface area contributed by atoms with Crippen LogP contribution >= 0.6 is 11.3 Å². The number of carbonyl (C=O) groups is 1. The Morgan fingerprint density at radius 1 is 1.06 bits per heavy atom. The number of aromatic nitrogens is 4. The van der Waals surface area contributed by atoms with Gasteiger partial charge in [-0.2, -0.15) is 0 Å². The predicted molar refractivity (Wildman–Crippen MR) is 190 cm³/mol. The number of thiophene rings is 1. The average Bonchev–Trinajstić information content (AvgIpc) is 3.93. The molecule has 1 saturated heterocycles. The number of fused-ring (bicyclic) bond motifs is 5. The van der Waals surface area contributed by atoms with E-state index in [4.69, 9.17) is 23.9 Å². The predicted octanol–water partition coefficient (Wildman–Crippen LogP) is 6.71. The SMILES string of the molecule is COc1c(F)ccc2c1CC[C@@H]2Nc1nc(C)cc2cc(-c3c4c(nc(CCc5ccc(F)cc5)c3-c3n[nH]c(=O)o3)[C@@H]3COCCN3C4=O)sc12. The molecule has 11 nitrogen and oxygen atoms in total. The Kier molecular flexibility index (Phi) is 7.88. The van der Waals surface area contributed by atoms with Gasteiger partial charge in [-0.3, -0.25) is 9.78 Å². The number of hydrogen-bond donors (Lipinski definition) is 2. The standard InChI is InChI=1S/C38H32F2N6O5S/c1-18-15-20-16-28(52-34(20)35(41-18)43-25-12-9-23-22(25)8-10-24(40)33(23)49-2)30-29(36-44-45-38(48)51-36)26(11-5-19-3-6-21(39)7-4-19)42-32-27-17-50-14-13-46(27)37(47)31(30)32/h3-4,6-8,10,15-16,25,27H,5,9,11-14,17H2,1-2H3,(H,41,43)(H,45,48)/t25-,27-/m0/s1. The highest BCUT2D eigenvalue weighted by molar-refractivity contribution is 7.23. The highest BCUT2D eigenvalue weighted by Crippen LogP contribution is 2.49. The lowest BCUT2D eigenvalue weighted by Crippen LogP contribution is -2.38. The van der Waals surface area contributed by atoms with Crippen LogP contribution in [0.4, 0.5) is 14.6 Å². The number of amides is 1. The van der Waals surface area contributed by atoms with Crippen LogP contribution < -0.4 is 15.8 Å². The van der Waals surface area contributed by atoms with Crippen molar-refractivity contribution in [1.29, 1.82) is 0 Å². The lowest BCUT2D eigenvalue weighted by atomic mass is 9.93. The van der Waals surface area contributed by atoms with E-state index in [9.17, 15) is 18.4 Å². The van der Waals surface area contributed by atoms with Gasteiger partial charge in [0.05, 0.1) is 59.6 Å². The third kappa shape index (κ3) is 5.35. The summed E-state index contributed by atoms with van der Waals surface area (Å²) in [6, 6.07) is 13.0. The number of anilines is 1. The van der Waals surface area contributed by atoms with Gasteiger partial charge >= 0.3 is 5.76 Å². The Hall–Kier alpha value is -5.47. The average molecular weight is 723 g/mol. The van der Waals surface area contributed by atoms with Gasteiger partial charge in [-0.05, 0) is 79.5 Å². The first kappa shape index (κ1) is 32.4. The monoisotopic (exact) mass is 722 g/mol. The second kappa shape index (κ2) is 12.6. The molecule has 6 heterocycles. The van der Waals surface area contributed by atoms with Gasteiger partial charge in [-0.25, -0.2) is 23.7 Å². The molecule has 4 aromatic heterocycles. The van der Waals surface area contributed by atoms with E-state index in [0.717, 1.165) is 43.8 Å². The maximum Gasteiger partial charge on any atom is 0.434 e. The van der Waals surface area contributed by atoms with Crippen molar-refractivity contribution in [3.63, 3.8) is 0 Å². The molecule has 0 saturated carbocycles. The van der Waals surface area contributed by atoms with Gasteiger partial charge in [-0.15, -0.1) is 16.4 Å². The molecule has 264 valence electrons. The third-order valence-corrected chi connectivity index (χ3v) is 11.3. The van der Waals surface area contributed by atoms with Crippen LogP contribution in [-0.4, -0.2) is 57.8 Å². The zero-order valence-electron chi connectivity index (χ0n) is 28.2. The molecule has 2 aromatic carbocycles. The minimum Gasteiger partial charge on any atom is -0.493 e. The second-order valence-electron chi connectivity index (χ2n) is 13.2. The minimum absolute atomic E-state index is 0.0205. The van der Waals surface area contributed by atoms with E-state index >= 15 is 0 Å². The van der Waals surface area contributed by atoms with Crippen LogP contribution in [-0.2, 0) is 24.0 Å². The number of benzene rings is 2. The first-order valence-electron chi connectivity index (χ1n) is 17.1. The van der Waals surface area contributed by atoms with Crippen LogP contribution in [0, 0.1) is 18.6 Å². The largest absolute Gasteiger partial charge is 0.493 e. The van der Waals surface area contributed by atoms with Gasteiger partial charge in [-0.1, -0.05) is 18.2 Å². The molecule has 14 heteroatoms. The van der Waals surface area contributed by atoms with Crippen molar-refractivity contribution in [1.82, 2.24) is 25.1 Å². The number of ether oxygens (including phenoxy) is 2. The molecule has 2 atom stereocenters. The van der Waals surface area contributed by atoms with Gasteiger partial charge in [0.1, 0.15) is 11.6 Å². The fraction of sp³-hybridized carbons (Fsp3) is 0.289. The zero-order chi connectivity index (χ0) is 35.7. The normalized spacial score (nSPS) is 17.8. The molecule has 1 aliphatic carbocycles. The van der Waals surface area contributed by atoms with Crippen molar-refractivity contribution in [3.8, 4) is 27.6 Å². The van der Waals surface area contributed by atoms with Gasteiger partial charge in [0.25, 0.3) is 11.8 Å². The maximum atomic E-state index is 14.5. The van der Waals surface area contributed by atoms with Crippen LogP contribution in [0.1, 0.15) is 62.6 Å². The molecule has 0 unspecified atom stereocenters. The first-order chi connectivity index (χ1) is 25.3. The molecule has 1 amide bonds. The van der Waals surface area contributed by atoms with Crippen molar-refractivity contribution >= 4 is 33.1 Å². The summed E-state index contributed by atoms with van der Waals surface area (Å²) in [4.78, 5) is 39.3. The van der Waals surface area contributed by atoms with E-state index in [-0.39, 0.29) is 41.3 Å². The summed E-state index contributed by atoms with van der Waals surface area (Å²) < 4.78 is 46.0. The maximum absolute atomic E-state index is 14.5. The van der Waals surface area contributed by atoms with E-state index in [1.807, 2.05) is 19.1 Å². The molecule has 0 radical (unpaired) electrons. The van der Waals surface area contributed by atoms with Crippen LogP contribution in [0.2, 0.25) is 0 Å². The Balaban J connectivity index is 1.22. The molecule has 2 N–H and O–H groups in total. The lowest BCUT2D eigenvalue weighted by molar-refractivity contribution is 0.00352. The number of rotatable bonds is 8. The number of nitrogens with zero attached hydrogens (tertiary/aromatic N) is 4. The van der Waals surface area contributed by atoms with E-state index < -0.39 is 5.76 Å². The second-order valence-corrected chi connectivity index (χ2v) is 14.3. The van der Waals surface area contributed by atoms with Gasteiger partial charge in [0.2, 0.25) is 0 Å². The Morgan fingerprint density at radius 3 is 2.69 bits per heavy atom. The lowest BCUT2D eigenvalue weighted by Gasteiger charge is -2.29. The number of hydrogen-bond acceptors (Lipinski definition) is 10. The van der Waals surface area contributed by atoms with Crippen molar-refractivity contribution in [2.45, 2.75) is 44.7 Å². The number of nitrogens with one attached hydrogen (secondary N) is 2. The fourth-order valence-corrected chi connectivity index (χ4v) is 8.97. The molecule has 2 aliphatic heterocycles. The topological polar surface area (TPSA) is 135 Å². The number of pyridine rings is 2. The Labute approximate surface area is 299 Å². The Bertz CT molecular complexity index is 2460. The first-order valence-corrected chi connectivity index (χ1v) is 17.9. The number of H-pyrrole nitrogens is 1. The molecule has 1 fully saturated rings. The summed E-state index contributed by atoms with van der Waals surface area (Å²) in [5, 5.41) is 11.2. The third-order valence-electron chi connectivity index (χ3n) is 10.1. The number of morpholine rings is 1. The quantitative estimate of drug-likeness (QED) is 0.176. The van der Waals surface area contributed by atoms with Gasteiger partial charge < -0.3 is 24.1 Å². The van der Waals surface area contributed by atoms with Crippen LogP contribution in [0.25, 0.3) is 32.0 Å². The summed E-state index contributed by atoms with van der Waals surface area (Å²) in [6.45, 7) is 3.06. The van der Waals surface area contributed by atoms with Gasteiger partial charge in [0.15, 0.2) is 11.6 Å². The fourth-order valence-electron chi connectivity index (χ4n) is 7.82. The highest BCUT2D eigenvalue weighted by Gasteiger charge is 2.44. The van der Waals surface area contributed by atoms with E-state index in [1.165, 1.54) is 36.6 Å². The molecular weight excluding hydrogens is 691 g/mol. The molecule has 3 aliphatic rings. The number of halogens is 2. The van der Waals surface area contributed by atoms with E-state index in [0.29, 0.717) is 72.9 Å². The molecule has 6 aromatic rings. The number of carbonyl (C=O) groups excluding carboxylic acids is 1. The number of aryl methyl sites for hydroxylation is 3. The smallest absolute Gasteiger partial charge is 0.434 e. The van der Waals surface area contributed by atoms with Crippen LogP contribution in [0.5, 0.6) is 5.75 Å². The van der Waals surface area contributed by atoms with Crippen molar-refractivity contribution in [2.24, 2.45) is 0 Å². The summed E-state index contributed by atoms with van der Waals surface area (Å²) >= 11 is 1.46. The van der Waals surface area contributed by atoms with Crippen LogP contribution in [0.15, 0.2) is 57.7 Å². The minimum atomic E-state index is -0.737. The Morgan fingerprint density at radius 2 is 1.90 bits per heavy atom. The summed E-state index contributed by atoms with van der Waals surface area (Å²) in [6.07, 6.45) is 2.29. The summed E-state index contributed by atoms with van der Waals surface area (Å²) in [7, 11) is 1.48. The zero-order valence-corrected chi connectivity index (χ0v) is 29.0. The van der Waals surface area contributed by atoms with E-state index in [1.54, 1.807) is 23.1 Å². The number of aromatic amines is 1. The number of methoxy groups -OCH3 is 1. The highest BCUT2D eigenvalue weighted by atomic mass is 32.1. The van der Waals surface area contributed by atoms with E-state index in [2.05, 4.69) is 15.5 Å². The van der Waals surface area contributed by atoms with Crippen molar-refractivity contribution in [2.75, 3.05) is 32.2 Å². The molecule has 9 rings (SSSR count). The summed E-state index contributed by atoms with van der Waals surface area (Å²) in [5.41, 5.74) is 6.12. The molecular formula is C38H32F2N6O5S. The molecule has 0 bridgehead atoms. The van der Waals surface area contributed by atoms with Crippen molar-refractivity contribution in [3.05, 3.63) is 110 Å². The van der Waals surface area contributed by atoms with Crippen LogP contribution in [0.3, 0.4) is 0 Å². The van der Waals surface area contributed by atoms with Gasteiger partial charge in [0, 0.05) is 28.2 Å². The van der Waals surface area contributed by atoms with Crippen molar-refractivity contribution < 1.29 is 27.5 Å². The summed E-state index contributed by atoms with van der Waals surface area (Å²) in [5.74, 6) is -0.669. The molecule has 0 spiro atoms.